The second kappa shape index (κ2) is 12.8. The summed E-state index contributed by atoms with van der Waals surface area (Å²) in [5, 5.41) is 2.43. The molecule has 0 bridgehead atoms. The van der Waals surface area contributed by atoms with E-state index in [0.717, 1.165) is 50.3 Å². The van der Waals surface area contributed by atoms with E-state index in [4.69, 9.17) is 15.7 Å². The van der Waals surface area contributed by atoms with Gasteiger partial charge in [0.25, 0.3) is 0 Å². The number of allylic oxidation sites excluding steroid dienone is 2. The van der Waals surface area contributed by atoms with E-state index in [1.54, 1.807) is 12.1 Å². The Bertz CT molecular complexity index is 2180. The van der Waals surface area contributed by atoms with Crippen LogP contribution in [0.25, 0.3) is 72.8 Å². The molecular formula is C42H30FN3. The third-order valence-electron chi connectivity index (χ3n) is 8.05. The third kappa shape index (κ3) is 6.10. The summed E-state index contributed by atoms with van der Waals surface area (Å²) < 4.78 is 14.5. The van der Waals surface area contributed by atoms with Gasteiger partial charge >= 0.3 is 0 Å². The van der Waals surface area contributed by atoms with Gasteiger partial charge in [-0.15, -0.1) is 0 Å². The van der Waals surface area contributed by atoms with Crippen molar-refractivity contribution in [2.45, 2.75) is 0 Å². The molecule has 0 aliphatic heterocycles. The number of nitrogens with two attached hydrogens (primary N) is 1. The van der Waals surface area contributed by atoms with Crippen LogP contribution in [0.2, 0.25) is 0 Å². The summed E-state index contributed by atoms with van der Waals surface area (Å²) in [5.74, 6) is 0.260. The van der Waals surface area contributed by atoms with Crippen molar-refractivity contribution in [3.05, 3.63) is 176 Å². The molecule has 0 spiro atoms. The van der Waals surface area contributed by atoms with Gasteiger partial charge in [0.15, 0.2) is 5.82 Å². The van der Waals surface area contributed by atoms with Crippen LogP contribution in [0.15, 0.2) is 170 Å². The molecule has 7 aromatic rings. The van der Waals surface area contributed by atoms with Crippen LogP contribution >= 0.6 is 0 Å². The first-order valence-electron chi connectivity index (χ1n) is 15.1. The summed E-state index contributed by atoms with van der Waals surface area (Å²) in [6.07, 6.45) is 4.12. The lowest BCUT2D eigenvalue weighted by Crippen LogP contribution is -1.96. The highest BCUT2D eigenvalue weighted by atomic mass is 19.1. The Morgan fingerprint density at radius 2 is 0.978 bits per heavy atom. The molecule has 0 fully saturated rings. The lowest BCUT2D eigenvalue weighted by atomic mass is 9.99. The maximum atomic E-state index is 14.5. The molecule has 0 saturated heterocycles. The summed E-state index contributed by atoms with van der Waals surface area (Å²) in [4.78, 5) is 10.00. The topological polar surface area (TPSA) is 51.8 Å². The largest absolute Gasteiger partial charge is 0.405 e. The van der Waals surface area contributed by atoms with Gasteiger partial charge in [-0.25, -0.2) is 14.4 Å². The Morgan fingerprint density at radius 1 is 0.478 bits per heavy atom. The Balaban J connectivity index is 1.27. The van der Waals surface area contributed by atoms with Crippen molar-refractivity contribution in [1.29, 1.82) is 0 Å². The number of rotatable bonds is 7. The van der Waals surface area contributed by atoms with Crippen LogP contribution in [0.4, 0.5) is 4.39 Å². The number of benzene rings is 6. The monoisotopic (exact) mass is 595 g/mol. The number of fused-ring (bicyclic) bond motifs is 1. The first-order valence-corrected chi connectivity index (χ1v) is 15.1. The van der Waals surface area contributed by atoms with Gasteiger partial charge in [-0.2, -0.15) is 0 Å². The van der Waals surface area contributed by atoms with E-state index in [1.165, 1.54) is 29.1 Å². The zero-order chi connectivity index (χ0) is 31.3. The fraction of sp³-hybridized carbons (Fsp3) is 0. The SMILES string of the molecule is N/C=C\C=C(/F)c1ccc(-c2cc(-c3ccc(-c4ccc5ccccc5c4)cc3)nc(-c3ccc(-c4ccccc4)cc3)n2)cc1. The van der Waals surface area contributed by atoms with Crippen LogP contribution in [0.1, 0.15) is 5.56 Å². The van der Waals surface area contributed by atoms with Gasteiger partial charge in [0, 0.05) is 22.3 Å². The summed E-state index contributed by atoms with van der Waals surface area (Å²) in [6.45, 7) is 0. The first kappa shape index (κ1) is 28.6. The number of nitrogens with zero attached hydrogens (tertiary/aromatic N) is 2. The highest BCUT2D eigenvalue weighted by Gasteiger charge is 2.12. The van der Waals surface area contributed by atoms with E-state index < -0.39 is 0 Å². The predicted molar refractivity (Wildman–Crippen MR) is 189 cm³/mol. The molecule has 46 heavy (non-hydrogen) atoms. The Morgan fingerprint density at radius 3 is 1.63 bits per heavy atom. The molecule has 0 saturated carbocycles. The van der Waals surface area contributed by atoms with Gasteiger partial charge in [0.1, 0.15) is 5.83 Å². The molecule has 2 N–H and O–H groups in total. The van der Waals surface area contributed by atoms with Crippen molar-refractivity contribution in [2.75, 3.05) is 0 Å². The zero-order valence-electron chi connectivity index (χ0n) is 25.0. The lowest BCUT2D eigenvalue weighted by molar-refractivity contribution is 0.760. The minimum Gasteiger partial charge on any atom is -0.405 e. The molecule has 7 rings (SSSR count). The molecule has 3 nitrogen and oxygen atoms in total. The van der Waals surface area contributed by atoms with Gasteiger partial charge in [-0.05, 0) is 63.5 Å². The highest BCUT2D eigenvalue weighted by molar-refractivity contribution is 5.87. The Labute approximate surface area is 267 Å². The number of hydrogen-bond donors (Lipinski definition) is 1. The molecule has 0 radical (unpaired) electrons. The quantitative estimate of drug-likeness (QED) is 0.187. The number of aromatic nitrogens is 2. The Kier molecular flexibility index (Phi) is 8.00. The maximum absolute atomic E-state index is 14.5. The molecule has 220 valence electrons. The van der Waals surface area contributed by atoms with Crippen LogP contribution in [-0.2, 0) is 0 Å². The van der Waals surface area contributed by atoms with Crippen LogP contribution in [0.5, 0.6) is 0 Å². The van der Waals surface area contributed by atoms with E-state index in [0.29, 0.717) is 11.4 Å². The number of halogens is 1. The molecule has 0 atom stereocenters. The second-order valence-corrected chi connectivity index (χ2v) is 11.0. The molecule has 0 aliphatic carbocycles. The Hall–Kier alpha value is -6.13. The van der Waals surface area contributed by atoms with E-state index in [9.17, 15) is 4.39 Å². The van der Waals surface area contributed by atoms with Gasteiger partial charge in [-0.3, -0.25) is 0 Å². The maximum Gasteiger partial charge on any atom is 0.160 e. The van der Waals surface area contributed by atoms with Crippen LogP contribution in [0.3, 0.4) is 0 Å². The second-order valence-electron chi connectivity index (χ2n) is 11.0. The molecule has 0 amide bonds. The van der Waals surface area contributed by atoms with E-state index in [2.05, 4.69) is 103 Å². The van der Waals surface area contributed by atoms with Gasteiger partial charge in [0.2, 0.25) is 0 Å². The average molecular weight is 596 g/mol. The van der Waals surface area contributed by atoms with Crippen molar-refractivity contribution in [1.82, 2.24) is 9.97 Å². The van der Waals surface area contributed by atoms with Crippen LogP contribution < -0.4 is 5.73 Å². The molecule has 0 aliphatic rings. The molecule has 1 heterocycles. The number of hydrogen-bond acceptors (Lipinski definition) is 3. The first-order chi connectivity index (χ1) is 22.6. The van der Waals surface area contributed by atoms with Crippen LogP contribution in [0, 0.1) is 0 Å². The van der Waals surface area contributed by atoms with Gasteiger partial charge < -0.3 is 5.73 Å². The molecule has 4 heteroatoms. The standard InChI is InChI=1S/C42H30FN3/c43-39(11-6-26-44)33-17-21-35(22-18-33)41-28-40(45-42(46-41)36-23-14-31(15-24-36)29-7-2-1-3-8-29)34-19-12-32(13-20-34)38-25-16-30-9-4-5-10-37(30)27-38/h1-28H,44H2/b26-6-,39-11-. The molecule has 1 aromatic heterocycles. The lowest BCUT2D eigenvalue weighted by Gasteiger charge is -2.11. The van der Waals surface area contributed by atoms with Gasteiger partial charge in [-0.1, -0.05) is 140 Å². The fourth-order valence-electron chi connectivity index (χ4n) is 5.55. The van der Waals surface area contributed by atoms with Gasteiger partial charge in [0.05, 0.1) is 11.4 Å². The van der Waals surface area contributed by atoms with E-state index >= 15 is 0 Å². The predicted octanol–water partition coefficient (Wildman–Crippen LogP) is 10.7. The highest BCUT2D eigenvalue weighted by Crippen LogP contribution is 2.32. The summed E-state index contributed by atoms with van der Waals surface area (Å²) in [6, 6.07) is 51.2. The van der Waals surface area contributed by atoms with Crippen molar-refractivity contribution < 1.29 is 4.39 Å². The molecule has 6 aromatic carbocycles. The van der Waals surface area contributed by atoms with Crippen LogP contribution in [-0.4, -0.2) is 9.97 Å². The smallest absolute Gasteiger partial charge is 0.160 e. The van der Waals surface area contributed by atoms with Crippen molar-refractivity contribution in [2.24, 2.45) is 5.73 Å². The minimum absolute atomic E-state index is 0.359. The third-order valence-corrected chi connectivity index (χ3v) is 8.05. The van der Waals surface area contributed by atoms with Crippen molar-refractivity contribution in [3.63, 3.8) is 0 Å². The normalized spacial score (nSPS) is 11.7. The van der Waals surface area contributed by atoms with E-state index in [1.807, 2.05) is 36.4 Å². The summed E-state index contributed by atoms with van der Waals surface area (Å²) in [7, 11) is 0. The summed E-state index contributed by atoms with van der Waals surface area (Å²) >= 11 is 0. The molecular weight excluding hydrogens is 565 g/mol. The minimum atomic E-state index is -0.359. The molecule has 0 unspecified atom stereocenters. The fourth-order valence-corrected chi connectivity index (χ4v) is 5.55. The van der Waals surface area contributed by atoms with Crippen molar-refractivity contribution in [3.8, 4) is 56.2 Å². The average Bonchev–Trinajstić information content (AvgIpc) is 3.14. The summed E-state index contributed by atoms with van der Waals surface area (Å²) in [5.41, 5.74) is 14.7. The van der Waals surface area contributed by atoms with E-state index in [-0.39, 0.29) is 5.83 Å². The van der Waals surface area contributed by atoms with Crippen molar-refractivity contribution >= 4 is 16.6 Å². The zero-order valence-corrected chi connectivity index (χ0v) is 25.0.